The SMILES string of the molecule is CCn1c(SCc2ccc(C)cc2)nnc1[C@H](NC(=O)c1ccc(Cl)cc1Cl)C(C)C. The van der Waals surface area contributed by atoms with E-state index in [1.165, 1.54) is 11.1 Å². The second kappa shape index (κ2) is 10.5. The van der Waals surface area contributed by atoms with Crippen LogP contribution < -0.4 is 5.32 Å². The molecule has 2 aromatic carbocycles. The van der Waals surface area contributed by atoms with E-state index in [9.17, 15) is 4.79 Å². The van der Waals surface area contributed by atoms with Crippen molar-refractivity contribution in [2.24, 2.45) is 5.92 Å². The van der Waals surface area contributed by atoms with Gasteiger partial charge in [-0.1, -0.05) is 78.6 Å². The van der Waals surface area contributed by atoms with Crippen molar-refractivity contribution >= 4 is 40.9 Å². The Morgan fingerprint density at radius 1 is 1.13 bits per heavy atom. The fourth-order valence-electron chi connectivity index (χ4n) is 3.19. The van der Waals surface area contributed by atoms with Crippen LogP contribution in [0.4, 0.5) is 0 Å². The molecular weight excluding hydrogens is 451 g/mol. The summed E-state index contributed by atoms with van der Waals surface area (Å²) in [4.78, 5) is 12.9. The Labute approximate surface area is 197 Å². The summed E-state index contributed by atoms with van der Waals surface area (Å²) in [6.45, 7) is 8.93. The maximum atomic E-state index is 12.9. The number of amides is 1. The number of hydrogen-bond donors (Lipinski definition) is 1. The lowest BCUT2D eigenvalue weighted by atomic mass is 10.0. The van der Waals surface area contributed by atoms with Gasteiger partial charge in [0, 0.05) is 17.3 Å². The van der Waals surface area contributed by atoms with Gasteiger partial charge in [0.25, 0.3) is 5.91 Å². The van der Waals surface area contributed by atoms with Crippen LogP contribution in [0.1, 0.15) is 54.1 Å². The van der Waals surface area contributed by atoms with Gasteiger partial charge in [0.2, 0.25) is 0 Å². The molecule has 0 aliphatic heterocycles. The standard InChI is InChI=1S/C23H26Cl2N4OS/c1-5-29-21(27-28-23(29)31-13-16-8-6-15(4)7-9-16)20(14(2)3)26-22(30)18-11-10-17(24)12-19(18)25/h6-12,14,20H,5,13H2,1-4H3,(H,26,30)/t20-/m1/s1. The van der Waals surface area contributed by atoms with Crippen molar-refractivity contribution in [1.29, 1.82) is 0 Å². The molecular formula is C23H26Cl2N4OS. The minimum Gasteiger partial charge on any atom is -0.342 e. The lowest BCUT2D eigenvalue weighted by Gasteiger charge is -2.23. The molecule has 0 saturated heterocycles. The van der Waals surface area contributed by atoms with E-state index in [-0.39, 0.29) is 17.9 Å². The Hall–Kier alpha value is -2.02. The van der Waals surface area contributed by atoms with Gasteiger partial charge in [0.15, 0.2) is 11.0 Å². The van der Waals surface area contributed by atoms with Crippen LogP contribution in [0.15, 0.2) is 47.6 Å². The van der Waals surface area contributed by atoms with Gasteiger partial charge in [-0.25, -0.2) is 0 Å². The fraction of sp³-hybridized carbons (Fsp3) is 0.348. The first-order valence-corrected chi connectivity index (χ1v) is 11.9. The van der Waals surface area contributed by atoms with Gasteiger partial charge in [-0.3, -0.25) is 4.79 Å². The van der Waals surface area contributed by atoms with Crippen molar-refractivity contribution < 1.29 is 4.79 Å². The van der Waals surface area contributed by atoms with Crippen LogP contribution in [0, 0.1) is 12.8 Å². The zero-order valence-corrected chi connectivity index (χ0v) is 20.4. The number of thioether (sulfide) groups is 1. The summed E-state index contributed by atoms with van der Waals surface area (Å²) in [7, 11) is 0. The number of hydrogen-bond acceptors (Lipinski definition) is 4. The quantitative estimate of drug-likeness (QED) is 0.385. The minimum atomic E-state index is -0.305. The molecule has 1 aromatic heterocycles. The Bertz CT molecular complexity index is 1050. The largest absolute Gasteiger partial charge is 0.342 e. The zero-order chi connectivity index (χ0) is 22.5. The molecule has 1 heterocycles. The normalized spacial score (nSPS) is 12.2. The van der Waals surface area contributed by atoms with Gasteiger partial charge in [-0.15, -0.1) is 10.2 Å². The first-order valence-electron chi connectivity index (χ1n) is 10.2. The van der Waals surface area contributed by atoms with Crippen molar-refractivity contribution in [2.45, 2.75) is 51.2 Å². The van der Waals surface area contributed by atoms with Crippen molar-refractivity contribution in [3.8, 4) is 0 Å². The number of rotatable bonds is 8. The first-order chi connectivity index (χ1) is 14.8. The minimum absolute atomic E-state index is 0.111. The van der Waals surface area contributed by atoms with Gasteiger partial charge in [-0.05, 0) is 43.5 Å². The first kappa shape index (κ1) is 23.6. The van der Waals surface area contributed by atoms with Crippen LogP contribution in [0.5, 0.6) is 0 Å². The van der Waals surface area contributed by atoms with Crippen molar-refractivity contribution in [3.05, 3.63) is 75.0 Å². The number of nitrogens with zero attached hydrogens (tertiary/aromatic N) is 3. The number of aryl methyl sites for hydroxylation is 1. The summed E-state index contributed by atoms with van der Waals surface area (Å²) >= 11 is 13.8. The van der Waals surface area contributed by atoms with Gasteiger partial charge in [-0.2, -0.15) is 0 Å². The second-order valence-electron chi connectivity index (χ2n) is 7.68. The van der Waals surface area contributed by atoms with Crippen LogP contribution in [-0.4, -0.2) is 20.7 Å². The lowest BCUT2D eigenvalue weighted by molar-refractivity contribution is 0.0922. The molecule has 1 amide bonds. The Morgan fingerprint density at radius 2 is 1.84 bits per heavy atom. The highest BCUT2D eigenvalue weighted by atomic mass is 35.5. The molecule has 8 heteroatoms. The number of carbonyl (C=O) groups is 1. The summed E-state index contributed by atoms with van der Waals surface area (Å²) in [5.41, 5.74) is 2.85. The fourth-order valence-corrected chi connectivity index (χ4v) is 4.65. The summed E-state index contributed by atoms with van der Waals surface area (Å²) < 4.78 is 2.06. The smallest absolute Gasteiger partial charge is 0.253 e. The third kappa shape index (κ3) is 5.82. The van der Waals surface area contributed by atoms with E-state index in [0.29, 0.717) is 22.2 Å². The summed E-state index contributed by atoms with van der Waals surface area (Å²) in [6.07, 6.45) is 0. The molecule has 164 valence electrons. The van der Waals surface area contributed by atoms with Gasteiger partial charge >= 0.3 is 0 Å². The average Bonchev–Trinajstić information content (AvgIpc) is 3.13. The molecule has 0 bridgehead atoms. The van der Waals surface area contributed by atoms with Crippen LogP contribution in [0.2, 0.25) is 10.0 Å². The predicted molar refractivity (Wildman–Crippen MR) is 128 cm³/mol. The van der Waals surface area contributed by atoms with Crippen molar-refractivity contribution in [2.75, 3.05) is 0 Å². The third-order valence-corrected chi connectivity index (χ3v) is 6.54. The molecule has 0 unspecified atom stereocenters. The van der Waals surface area contributed by atoms with E-state index in [1.54, 1.807) is 30.0 Å². The molecule has 0 fully saturated rings. The zero-order valence-electron chi connectivity index (χ0n) is 18.0. The van der Waals surface area contributed by atoms with E-state index < -0.39 is 0 Å². The molecule has 1 N–H and O–H groups in total. The van der Waals surface area contributed by atoms with E-state index >= 15 is 0 Å². The molecule has 5 nitrogen and oxygen atoms in total. The van der Waals surface area contributed by atoms with E-state index in [0.717, 1.165) is 16.7 Å². The van der Waals surface area contributed by atoms with Crippen molar-refractivity contribution in [1.82, 2.24) is 20.1 Å². The molecule has 0 radical (unpaired) electrons. The number of benzene rings is 2. The molecule has 1 atom stereocenters. The summed E-state index contributed by atoms with van der Waals surface area (Å²) in [6, 6.07) is 13.0. The second-order valence-corrected chi connectivity index (χ2v) is 9.46. The Kier molecular flexibility index (Phi) is 8.03. The van der Waals surface area contributed by atoms with Crippen LogP contribution >= 0.6 is 35.0 Å². The predicted octanol–water partition coefficient (Wildman–Crippen LogP) is 6.33. The van der Waals surface area contributed by atoms with Crippen LogP contribution in [0.25, 0.3) is 0 Å². The Morgan fingerprint density at radius 3 is 2.45 bits per heavy atom. The molecule has 0 aliphatic rings. The number of aromatic nitrogens is 3. The van der Waals surface area contributed by atoms with Crippen molar-refractivity contribution in [3.63, 3.8) is 0 Å². The summed E-state index contributed by atoms with van der Waals surface area (Å²) in [5.74, 6) is 1.39. The number of carbonyl (C=O) groups excluding carboxylic acids is 1. The summed E-state index contributed by atoms with van der Waals surface area (Å²) in [5, 5.41) is 13.6. The van der Waals surface area contributed by atoms with Crippen LogP contribution in [-0.2, 0) is 12.3 Å². The monoisotopic (exact) mass is 476 g/mol. The molecule has 0 aliphatic carbocycles. The molecule has 0 saturated carbocycles. The highest BCUT2D eigenvalue weighted by Gasteiger charge is 2.26. The molecule has 3 rings (SSSR count). The number of halogens is 2. The average molecular weight is 477 g/mol. The number of nitrogens with one attached hydrogen (secondary N) is 1. The lowest BCUT2D eigenvalue weighted by Crippen LogP contribution is -2.34. The molecule has 3 aromatic rings. The maximum absolute atomic E-state index is 12.9. The molecule has 0 spiro atoms. The Balaban J connectivity index is 1.80. The maximum Gasteiger partial charge on any atom is 0.253 e. The topological polar surface area (TPSA) is 59.8 Å². The van der Waals surface area contributed by atoms with Gasteiger partial charge in [0.1, 0.15) is 0 Å². The third-order valence-electron chi connectivity index (χ3n) is 4.96. The van der Waals surface area contributed by atoms with Crippen LogP contribution in [0.3, 0.4) is 0 Å². The highest BCUT2D eigenvalue weighted by molar-refractivity contribution is 7.98. The highest BCUT2D eigenvalue weighted by Crippen LogP contribution is 2.28. The van der Waals surface area contributed by atoms with E-state index in [1.807, 2.05) is 13.8 Å². The van der Waals surface area contributed by atoms with E-state index in [2.05, 4.69) is 58.2 Å². The van der Waals surface area contributed by atoms with Gasteiger partial charge in [0.05, 0.1) is 16.6 Å². The van der Waals surface area contributed by atoms with E-state index in [4.69, 9.17) is 23.2 Å². The van der Waals surface area contributed by atoms with Gasteiger partial charge < -0.3 is 9.88 Å². The molecule has 31 heavy (non-hydrogen) atoms.